The van der Waals surface area contributed by atoms with Crippen LogP contribution in [0.3, 0.4) is 0 Å². The molecule has 14 nitrogen and oxygen atoms in total. The molecule has 0 spiro atoms. The number of phosphoric ester groups is 1. The summed E-state index contributed by atoms with van der Waals surface area (Å²) in [6.45, 7) is -0.660. The Kier molecular flexibility index (Phi) is 5.77. The van der Waals surface area contributed by atoms with Gasteiger partial charge < -0.3 is 30.1 Å². The minimum Gasteiger partial charge on any atom is -0.394 e. The van der Waals surface area contributed by atoms with Crippen molar-refractivity contribution in [2.24, 2.45) is 0 Å². The molecule has 0 saturated carbocycles. The number of pyridine rings is 1. The summed E-state index contributed by atoms with van der Waals surface area (Å²) in [4.78, 5) is 46.7. The number of imidazole rings is 1. The van der Waals surface area contributed by atoms with Gasteiger partial charge in [0.25, 0.3) is 5.91 Å². The number of rotatable bonds is 6. The third-order valence-corrected chi connectivity index (χ3v) is 5.06. The molecule has 0 bridgehead atoms. The quantitative estimate of drug-likeness (QED) is 0.292. The van der Waals surface area contributed by atoms with Crippen LogP contribution in [0, 0.1) is 0 Å². The Labute approximate surface area is 173 Å². The van der Waals surface area contributed by atoms with Gasteiger partial charge in [0.05, 0.1) is 18.5 Å². The first kappa shape index (κ1) is 21.4. The lowest BCUT2D eigenvalue weighted by Crippen LogP contribution is -2.35. The molecule has 4 unspecified atom stereocenters. The highest BCUT2D eigenvalue weighted by atomic mass is 31.2. The molecule has 4 atom stereocenters. The number of hydrogen-bond donors (Lipinski definition) is 5. The van der Waals surface area contributed by atoms with Gasteiger partial charge in [-0.1, -0.05) is 0 Å². The monoisotopic (exact) mass is 452 g/mol. The predicted octanol–water partition coefficient (Wildman–Crippen LogP) is -0.798. The number of nitrogens with one attached hydrogen (secondary N) is 1. The largest absolute Gasteiger partial charge is 0.470 e. The van der Waals surface area contributed by atoms with E-state index in [1.807, 2.05) is 0 Å². The van der Waals surface area contributed by atoms with Gasteiger partial charge in [0.15, 0.2) is 23.2 Å². The van der Waals surface area contributed by atoms with E-state index in [9.17, 15) is 19.6 Å². The van der Waals surface area contributed by atoms with Gasteiger partial charge in [-0.25, -0.2) is 19.5 Å². The maximum absolute atomic E-state index is 12.4. The number of nitrogens with zero attached hydrogens (tertiary/aromatic N) is 5. The molecule has 5 N–H and O–H groups in total. The summed E-state index contributed by atoms with van der Waals surface area (Å²) >= 11 is 0. The summed E-state index contributed by atoms with van der Waals surface area (Å²) in [6.07, 6.45) is -0.185. The van der Waals surface area contributed by atoms with Crippen LogP contribution >= 0.6 is 7.82 Å². The minimum atomic E-state index is -4.96. The Morgan fingerprint density at radius 3 is 2.81 bits per heavy atom. The van der Waals surface area contributed by atoms with E-state index in [1.54, 1.807) is 12.1 Å². The number of hydrogen-bond acceptors (Lipinski definition) is 10. The Morgan fingerprint density at radius 2 is 2.13 bits per heavy atom. The van der Waals surface area contributed by atoms with E-state index in [4.69, 9.17) is 14.5 Å². The predicted molar refractivity (Wildman–Crippen MR) is 101 cm³/mol. The number of aliphatic hydroxyl groups is 2. The minimum absolute atomic E-state index is 0.0896. The fourth-order valence-electron chi connectivity index (χ4n) is 3.19. The molecule has 1 saturated heterocycles. The second-order valence-electron chi connectivity index (χ2n) is 6.54. The number of fused-ring (bicyclic) bond motifs is 1. The number of anilines is 1. The third-order valence-electron chi connectivity index (χ3n) is 4.54. The smallest absolute Gasteiger partial charge is 0.394 e. The maximum atomic E-state index is 12.4. The summed E-state index contributed by atoms with van der Waals surface area (Å²) in [6, 6.07) is 3.17. The molecular weight excluding hydrogens is 435 g/mol. The Balaban J connectivity index is 1.63. The first-order valence-electron chi connectivity index (χ1n) is 8.85. The first-order chi connectivity index (χ1) is 14.8. The van der Waals surface area contributed by atoms with Crippen molar-refractivity contribution in [3.8, 4) is 0 Å². The molecule has 1 fully saturated rings. The molecule has 15 heteroatoms. The van der Waals surface area contributed by atoms with Crippen LogP contribution in [0.15, 0.2) is 37.2 Å². The number of carbonyl (C=O) groups excluding carboxylic acids is 1. The molecule has 164 valence electrons. The summed E-state index contributed by atoms with van der Waals surface area (Å²) in [7, 11) is -4.96. The van der Waals surface area contributed by atoms with Crippen molar-refractivity contribution in [2.75, 3.05) is 11.9 Å². The number of amides is 1. The molecule has 0 aromatic carbocycles. The molecule has 1 aliphatic heterocycles. The summed E-state index contributed by atoms with van der Waals surface area (Å²) in [5.74, 6) is -0.387. The average molecular weight is 452 g/mol. The zero-order valence-corrected chi connectivity index (χ0v) is 16.5. The van der Waals surface area contributed by atoms with Crippen LogP contribution < -0.4 is 5.32 Å². The lowest BCUT2D eigenvalue weighted by molar-refractivity contribution is -0.0509. The van der Waals surface area contributed by atoms with Crippen molar-refractivity contribution in [1.82, 2.24) is 24.5 Å². The third kappa shape index (κ3) is 4.31. The molecule has 0 aliphatic carbocycles. The van der Waals surface area contributed by atoms with Crippen LogP contribution in [-0.2, 0) is 13.8 Å². The highest BCUT2D eigenvalue weighted by Gasteiger charge is 2.48. The van der Waals surface area contributed by atoms with Gasteiger partial charge in [-0.3, -0.25) is 18.9 Å². The lowest BCUT2D eigenvalue weighted by Gasteiger charge is -2.20. The van der Waals surface area contributed by atoms with Crippen LogP contribution in [0.4, 0.5) is 5.82 Å². The van der Waals surface area contributed by atoms with Gasteiger partial charge in [0, 0.05) is 12.4 Å². The summed E-state index contributed by atoms with van der Waals surface area (Å²) < 4.78 is 22.6. The van der Waals surface area contributed by atoms with Crippen molar-refractivity contribution in [3.63, 3.8) is 0 Å². The van der Waals surface area contributed by atoms with Crippen LogP contribution in [0.5, 0.6) is 0 Å². The maximum Gasteiger partial charge on any atom is 0.470 e. The molecule has 0 radical (unpaired) electrons. The van der Waals surface area contributed by atoms with Gasteiger partial charge in [-0.15, -0.1) is 0 Å². The van der Waals surface area contributed by atoms with Crippen molar-refractivity contribution in [2.45, 2.75) is 24.5 Å². The molecular formula is C16H17N6O8P. The fraction of sp³-hybridized carbons (Fsp3) is 0.312. The molecule has 1 amide bonds. The standard InChI is InChI=1S/C16H17N6O8P/c23-5-9-12(30-31(26,27)28)11(24)16(29-9)22-7-20-10-13(18-6-19-14(10)22)21-15(25)8-2-1-3-17-4-8/h1-4,6-7,9,11-12,16,23-24H,5H2,(H2,26,27,28)(H,18,19,21,25). The van der Waals surface area contributed by atoms with Crippen LogP contribution in [-0.4, -0.2) is 75.3 Å². The number of aromatic nitrogens is 5. The first-order valence-corrected chi connectivity index (χ1v) is 10.4. The Morgan fingerprint density at radius 1 is 1.32 bits per heavy atom. The lowest BCUT2D eigenvalue weighted by atomic mass is 10.1. The van der Waals surface area contributed by atoms with E-state index < -0.39 is 44.9 Å². The number of aliphatic hydroxyl groups excluding tert-OH is 2. The second kappa shape index (κ2) is 8.36. The van der Waals surface area contributed by atoms with Crippen molar-refractivity contribution < 1.29 is 38.6 Å². The van der Waals surface area contributed by atoms with Crippen molar-refractivity contribution >= 4 is 30.7 Å². The average Bonchev–Trinajstić information content (AvgIpc) is 3.29. The fourth-order valence-corrected chi connectivity index (χ4v) is 3.77. The Hall–Kier alpha value is -2.84. The van der Waals surface area contributed by atoms with E-state index in [2.05, 4.69) is 29.8 Å². The summed E-state index contributed by atoms with van der Waals surface area (Å²) in [5.41, 5.74) is 0.635. The molecule has 1 aliphatic rings. The molecule has 4 rings (SSSR count). The summed E-state index contributed by atoms with van der Waals surface area (Å²) in [5, 5.41) is 22.6. The molecule has 3 aromatic heterocycles. The van der Waals surface area contributed by atoms with Gasteiger partial charge in [0.2, 0.25) is 0 Å². The van der Waals surface area contributed by atoms with E-state index >= 15 is 0 Å². The molecule has 31 heavy (non-hydrogen) atoms. The molecule has 4 heterocycles. The number of phosphoric acid groups is 1. The van der Waals surface area contributed by atoms with Crippen LogP contribution in [0.1, 0.15) is 16.6 Å². The van der Waals surface area contributed by atoms with Gasteiger partial charge in [-0.05, 0) is 12.1 Å². The molecule has 3 aromatic rings. The second-order valence-corrected chi connectivity index (χ2v) is 7.73. The number of ether oxygens (including phenoxy) is 1. The zero-order chi connectivity index (χ0) is 22.2. The van der Waals surface area contributed by atoms with E-state index in [1.165, 1.54) is 23.3 Å². The van der Waals surface area contributed by atoms with Gasteiger partial charge in [0.1, 0.15) is 24.6 Å². The normalized spacial score (nSPS) is 23.9. The van der Waals surface area contributed by atoms with E-state index in [0.29, 0.717) is 5.56 Å². The van der Waals surface area contributed by atoms with Crippen LogP contribution in [0.25, 0.3) is 11.2 Å². The van der Waals surface area contributed by atoms with Crippen LogP contribution in [0.2, 0.25) is 0 Å². The van der Waals surface area contributed by atoms with Crippen molar-refractivity contribution in [1.29, 1.82) is 0 Å². The van der Waals surface area contributed by atoms with Gasteiger partial charge in [-0.2, -0.15) is 0 Å². The highest BCUT2D eigenvalue weighted by molar-refractivity contribution is 7.46. The number of carbonyl (C=O) groups is 1. The Bertz CT molecular complexity index is 1140. The van der Waals surface area contributed by atoms with Gasteiger partial charge >= 0.3 is 7.82 Å². The zero-order valence-electron chi connectivity index (χ0n) is 15.6. The van der Waals surface area contributed by atoms with E-state index in [0.717, 1.165) is 6.33 Å². The SMILES string of the molecule is O=C(Nc1ncnc2c1ncn2C1OC(CO)C(OP(=O)(O)O)C1O)c1cccnc1. The highest BCUT2D eigenvalue weighted by Crippen LogP contribution is 2.44. The van der Waals surface area contributed by atoms with E-state index in [-0.39, 0.29) is 17.0 Å². The van der Waals surface area contributed by atoms with Crippen molar-refractivity contribution in [3.05, 3.63) is 42.7 Å². The topological polar surface area (TPSA) is 202 Å².